The lowest BCUT2D eigenvalue weighted by molar-refractivity contribution is -0.0878. The second kappa shape index (κ2) is 8.67. The van der Waals surface area contributed by atoms with E-state index >= 15 is 0 Å². The minimum absolute atomic E-state index is 0.222. The van der Waals surface area contributed by atoms with Crippen molar-refractivity contribution in [2.45, 2.75) is 6.18 Å². The number of amides is 1. The molecule has 0 aliphatic carbocycles. The molecule has 1 N–H and O–H groups in total. The van der Waals surface area contributed by atoms with Gasteiger partial charge in [0.1, 0.15) is 5.75 Å². The molecule has 146 valence electrons. The van der Waals surface area contributed by atoms with Crippen LogP contribution in [0.2, 0.25) is 10.0 Å². The van der Waals surface area contributed by atoms with Gasteiger partial charge in [-0.05, 0) is 73.4 Å². The Morgan fingerprint density at radius 3 is 2.46 bits per heavy atom. The number of carbonyl (C=O) groups excluding carboxylic acids is 1. The van der Waals surface area contributed by atoms with Crippen LogP contribution in [0.4, 0.5) is 18.9 Å². The number of ether oxygens (including phenoxy) is 1. The van der Waals surface area contributed by atoms with Gasteiger partial charge in [0, 0.05) is 16.3 Å². The lowest BCUT2D eigenvalue weighted by Gasteiger charge is -2.13. The third-order valence-electron chi connectivity index (χ3n) is 3.48. The Bertz CT molecular complexity index is 1020. The molecule has 1 aliphatic heterocycles. The van der Waals surface area contributed by atoms with Crippen molar-refractivity contribution in [2.24, 2.45) is 0 Å². The number of carbonyl (C=O) groups is 1. The zero-order valence-electron chi connectivity index (χ0n) is 13.9. The Labute approximate surface area is 178 Å². The van der Waals surface area contributed by atoms with Gasteiger partial charge in [0.2, 0.25) is 0 Å². The van der Waals surface area contributed by atoms with Crippen LogP contribution in [0.25, 0.3) is 0 Å². The monoisotopic (exact) mass is 539 g/mol. The van der Waals surface area contributed by atoms with Crippen LogP contribution in [0, 0.1) is 0 Å². The molecule has 9 heteroatoms. The summed E-state index contributed by atoms with van der Waals surface area (Å²) in [5, 5.41) is 3.36. The number of allylic oxidation sites excluding steroid dienone is 2. The number of anilines is 1. The van der Waals surface area contributed by atoms with Crippen LogP contribution in [-0.4, -0.2) is 15.8 Å². The summed E-state index contributed by atoms with van der Waals surface area (Å²) < 4.78 is 45.1. The first kappa shape index (κ1) is 20.9. The van der Waals surface area contributed by atoms with Crippen LogP contribution < -0.4 is 10.1 Å². The minimum Gasteiger partial charge on any atom is -0.450 e. The summed E-state index contributed by atoms with van der Waals surface area (Å²) in [6.07, 6.45) is -2.07. The predicted octanol–water partition coefficient (Wildman–Crippen LogP) is 6.74. The highest BCUT2D eigenvalue weighted by Gasteiger charge is 2.32. The first-order valence-electron chi connectivity index (χ1n) is 7.72. The quantitative estimate of drug-likeness (QED) is 0.437. The highest BCUT2D eigenvalue weighted by atomic mass is 127. The largest absolute Gasteiger partial charge is 0.450 e. The lowest BCUT2D eigenvalue weighted by atomic mass is 10.2. The molecule has 0 spiro atoms. The summed E-state index contributed by atoms with van der Waals surface area (Å²) in [5.74, 6) is -0.0573. The molecule has 1 amide bonds. The van der Waals surface area contributed by atoms with E-state index in [2.05, 4.69) is 5.32 Å². The average molecular weight is 540 g/mol. The third-order valence-corrected chi connectivity index (χ3v) is 6.19. The van der Waals surface area contributed by atoms with Crippen molar-refractivity contribution in [1.29, 1.82) is 0 Å². The van der Waals surface area contributed by atoms with Gasteiger partial charge >= 0.3 is 6.18 Å². The normalized spacial score (nSPS) is 13.9. The number of hydrogen-bond acceptors (Lipinski definition) is 2. The number of hydrogen-bond donors (Lipinski definition) is 1. The summed E-state index contributed by atoms with van der Waals surface area (Å²) >= 11 is 11.0. The molecule has 0 bridgehead atoms. The van der Waals surface area contributed by atoms with Crippen LogP contribution in [0.5, 0.6) is 5.75 Å². The highest BCUT2D eigenvalue weighted by Crippen LogP contribution is 2.33. The van der Waals surface area contributed by atoms with E-state index in [4.69, 9.17) is 27.9 Å². The molecule has 1 aliphatic rings. The van der Waals surface area contributed by atoms with E-state index < -0.39 is 32.5 Å². The molecule has 0 atom stereocenters. The Hall–Kier alpha value is -1.84. The van der Waals surface area contributed by atoms with Gasteiger partial charge in [-0.15, -0.1) is 0 Å². The molecule has 0 unspecified atom stereocenters. The molecule has 0 saturated carbocycles. The molecule has 28 heavy (non-hydrogen) atoms. The topological polar surface area (TPSA) is 38.3 Å². The second-order valence-electron chi connectivity index (χ2n) is 5.52. The van der Waals surface area contributed by atoms with Crippen molar-refractivity contribution in [3.8, 4) is 5.75 Å². The first-order chi connectivity index (χ1) is 13.2. The minimum atomic E-state index is -4.36. The van der Waals surface area contributed by atoms with Gasteiger partial charge in [-0.2, -0.15) is 13.2 Å². The van der Waals surface area contributed by atoms with Crippen molar-refractivity contribution in [1.82, 2.24) is 0 Å². The summed E-state index contributed by atoms with van der Waals surface area (Å²) in [6.45, 7) is 0. The number of nitrogens with one attached hydrogen (secondary N) is 1. The predicted molar refractivity (Wildman–Crippen MR) is 114 cm³/mol. The Morgan fingerprint density at radius 1 is 1.07 bits per heavy atom. The van der Waals surface area contributed by atoms with Crippen LogP contribution in [0.1, 0.15) is 10.4 Å². The summed E-state index contributed by atoms with van der Waals surface area (Å²) in [6, 6.07) is 11.1. The number of benzene rings is 2. The molecular weight excluding hydrogens is 529 g/mol. The van der Waals surface area contributed by atoms with Crippen LogP contribution in [0.3, 0.4) is 0 Å². The summed E-state index contributed by atoms with van der Waals surface area (Å²) in [4.78, 5) is 12.2. The van der Waals surface area contributed by atoms with Crippen LogP contribution in [0.15, 0.2) is 64.3 Å². The van der Waals surface area contributed by atoms with E-state index in [9.17, 15) is 18.0 Å². The Kier molecular flexibility index (Phi) is 6.47. The van der Waals surface area contributed by atoms with Gasteiger partial charge in [0.05, 0.1) is 10.6 Å². The molecule has 0 saturated heterocycles. The fourth-order valence-corrected chi connectivity index (χ4v) is 4.52. The van der Waals surface area contributed by atoms with E-state index in [0.717, 1.165) is 10.2 Å². The average Bonchev–Trinajstić information content (AvgIpc) is 2.63. The van der Waals surface area contributed by atoms with Crippen molar-refractivity contribution in [3.05, 3.63) is 79.9 Å². The fraction of sp³-hybridized carbons (Fsp3) is 0.0526. The van der Waals surface area contributed by atoms with Crippen LogP contribution >= 0.6 is 43.9 Å². The van der Waals surface area contributed by atoms with E-state index in [1.807, 2.05) is 0 Å². The Morgan fingerprint density at radius 2 is 1.86 bits per heavy atom. The van der Waals surface area contributed by atoms with Gasteiger partial charge < -0.3 is 10.1 Å². The van der Waals surface area contributed by atoms with Gasteiger partial charge in [0.25, 0.3) is 5.91 Å². The molecule has 0 radical (unpaired) electrons. The second-order valence-corrected chi connectivity index (χ2v) is 8.67. The van der Waals surface area contributed by atoms with Gasteiger partial charge in [-0.25, -0.2) is 0 Å². The summed E-state index contributed by atoms with van der Waals surface area (Å²) in [5.41, 5.74) is 0.169. The highest BCUT2D eigenvalue weighted by molar-refractivity contribution is 14.2. The first-order valence-corrected chi connectivity index (χ1v) is 10.8. The van der Waals surface area contributed by atoms with Crippen molar-refractivity contribution >= 4 is 59.2 Å². The molecule has 3 nitrogen and oxygen atoms in total. The number of alkyl halides is 3. The molecule has 1 heterocycles. The van der Waals surface area contributed by atoms with Crippen LogP contribution in [-0.2, 0) is 0 Å². The number of rotatable bonds is 4. The maximum Gasteiger partial charge on any atom is 0.416 e. The Balaban J connectivity index is 1.70. The third kappa shape index (κ3) is 5.36. The zero-order chi connectivity index (χ0) is 20.3. The lowest BCUT2D eigenvalue weighted by Crippen LogP contribution is -2.13. The van der Waals surface area contributed by atoms with Gasteiger partial charge in [-0.3, -0.25) is 4.79 Å². The van der Waals surface area contributed by atoms with Crippen molar-refractivity contribution in [3.63, 3.8) is 0 Å². The molecule has 2 aromatic carbocycles. The SMILES string of the molecule is O=C(Nc1ccc(OC2=IC=C(C(F)(F)F)C=C2)c(Cl)c1)c1cccc(Cl)c1. The van der Waals surface area contributed by atoms with Gasteiger partial charge in [-0.1, -0.05) is 29.3 Å². The zero-order valence-corrected chi connectivity index (χ0v) is 17.5. The van der Waals surface area contributed by atoms with Crippen molar-refractivity contribution in [2.75, 3.05) is 5.32 Å². The van der Waals surface area contributed by atoms with Gasteiger partial charge in [0.15, 0.2) is 3.69 Å². The smallest absolute Gasteiger partial charge is 0.416 e. The molecule has 2 aromatic rings. The summed E-state index contributed by atoms with van der Waals surface area (Å²) in [7, 11) is 0. The van der Waals surface area contributed by atoms with E-state index in [-0.39, 0.29) is 10.9 Å². The fourth-order valence-electron chi connectivity index (χ4n) is 2.15. The molecule has 3 rings (SSSR count). The maximum atomic E-state index is 12.6. The van der Waals surface area contributed by atoms with E-state index in [1.165, 1.54) is 18.2 Å². The van der Waals surface area contributed by atoms with E-state index in [1.54, 1.807) is 30.3 Å². The molecular formula is C19H11Cl2F3INO2. The van der Waals surface area contributed by atoms with Crippen molar-refractivity contribution < 1.29 is 22.7 Å². The standard InChI is InChI=1S/C19H11Cl2F3INO2/c20-13-3-1-2-11(8-13)18(27)26-14-5-6-16(15(21)9-14)28-17-7-4-12(10-25-17)19(22,23)24/h1-10H,(H,26,27). The number of halogens is 6. The van der Waals surface area contributed by atoms with E-state index in [0.29, 0.717) is 25.7 Å². The maximum absolute atomic E-state index is 12.6. The molecule has 0 fully saturated rings. The molecule has 0 aromatic heterocycles.